The lowest BCUT2D eigenvalue weighted by Crippen LogP contribution is -2.26. The highest BCUT2D eigenvalue weighted by Crippen LogP contribution is 2.19. The van der Waals surface area contributed by atoms with Gasteiger partial charge in [0.1, 0.15) is 5.82 Å². The zero-order valence-electron chi connectivity index (χ0n) is 16.9. The van der Waals surface area contributed by atoms with E-state index in [2.05, 4.69) is 20.6 Å². The van der Waals surface area contributed by atoms with E-state index in [0.717, 1.165) is 30.0 Å². The van der Waals surface area contributed by atoms with Crippen molar-refractivity contribution in [2.24, 2.45) is 0 Å². The molecule has 156 valence electrons. The Morgan fingerprint density at radius 1 is 1.37 bits per heavy atom. The van der Waals surface area contributed by atoms with Gasteiger partial charge in [0, 0.05) is 35.8 Å². The largest absolute Gasteiger partial charge is 0.379 e. The van der Waals surface area contributed by atoms with E-state index in [4.69, 9.17) is 16.3 Å². The third-order valence-corrected chi connectivity index (χ3v) is 5.34. The molecule has 0 radical (unpaired) electrons. The number of aryl methyl sites for hydroxylation is 1. The van der Waals surface area contributed by atoms with Crippen LogP contribution in [0, 0.1) is 6.92 Å². The highest BCUT2D eigenvalue weighted by Gasteiger charge is 2.18. The summed E-state index contributed by atoms with van der Waals surface area (Å²) >= 11 is 6.05. The number of aromatic nitrogens is 3. The Labute approximate surface area is 180 Å². The van der Waals surface area contributed by atoms with Gasteiger partial charge in [-0.15, -0.1) is 0 Å². The van der Waals surface area contributed by atoms with Crippen LogP contribution in [0.4, 0.5) is 5.95 Å². The molecule has 1 aliphatic rings. The predicted molar refractivity (Wildman–Crippen MR) is 116 cm³/mol. The Bertz CT molecular complexity index is 1050. The van der Waals surface area contributed by atoms with Crippen molar-refractivity contribution in [3.05, 3.63) is 70.6 Å². The molecule has 0 unspecified atom stereocenters. The summed E-state index contributed by atoms with van der Waals surface area (Å²) in [5, 5.41) is 6.96. The molecule has 0 bridgehead atoms. The van der Waals surface area contributed by atoms with E-state index < -0.39 is 0 Å². The van der Waals surface area contributed by atoms with Crippen LogP contribution in [0.15, 0.2) is 48.9 Å². The minimum absolute atomic E-state index is 0.158. The number of rotatable bonds is 6. The second-order valence-electron chi connectivity index (χ2n) is 7.46. The van der Waals surface area contributed by atoms with Gasteiger partial charge in [-0.3, -0.25) is 4.79 Å². The van der Waals surface area contributed by atoms with Gasteiger partial charge in [0.15, 0.2) is 0 Å². The van der Waals surface area contributed by atoms with E-state index >= 15 is 0 Å². The number of ether oxygens (including phenoxy) is 1. The molecule has 30 heavy (non-hydrogen) atoms. The minimum Gasteiger partial charge on any atom is -0.379 e. The predicted octanol–water partition coefficient (Wildman–Crippen LogP) is 3.92. The van der Waals surface area contributed by atoms with Gasteiger partial charge in [-0.05, 0) is 44.0 Å². The molecule has 1 saturated heterocycles. The zero-order chi connectivity index (χ0) is 21.1. The van der Waals surface area contributed by atoms with Crippen LogP contribution in [-0.2, 0) is 4.74 Å². The maximum atomic E-state index is 12.7. The van der Waals surface area contributed by atoms with E-state index in [0.29, 0.717) is 23.1 Å². The van der Waals surface area contributed by atoms with Gasteiger partial charge >= 0.3 is 0 Å². The van der Waals surface area contributed by atoms with Gasteiger partial charge in [-0.25, -0.2) is 4.98 Å². The maximum Gasteiger partial charge on any atom is 0.253 e. The number of halogens is 1. The molecule has 0 aliphatic carbocycles. The molecule has 2 atom stereocenters. The van der Waals surface area contributed by atoms with E-state index in [1.807, 2.05) is 48.9 Å². The second-order valence-corrected chi connectivity index (χ2v) is 7.90. The quantitative estimate of drug-likeness (QED) is 0.625. The molecule has 1 amide bonds. The molecule has 1 aliphatic heterocycles. The van der Waals surface area contributed by atoms with Crippen molar-refractivity contribution in [3.8, 4) is 5.82 Å². The van der Waals surface area contributed by atoms with Crippen molar-refractivity contribution in [3.63, 3.8) is 0 Å². The fourth-order valence-electron chi connectivity index (χ4n) is 3.40. The molecular weight excluding hydrogens is 402 g/mol. The van der Waals surface area contributed by atoms with Crippen molar-refractivity contribution in [2.75, 3.05) is 18.5 Å². The van der Waals surface area contributed by atoms with Crippen LogP contribution in [-0.4, -0.2) is 39.7 Å². The number of nitrogens with zero attached hydrogens (tertiary/aromatic N) is 3. The fraction of sp³-hybridized carbons (Fsp3) is 0.318. The monoisotopic (exact) mass is 425 g/mol. The molecule has 7 nitrogen and oxygen atoms in total. The maximum absolute atomic E-state index is 12.7. The third-order valence-electron chi connectivity index (χ3n) is 5.10. The molecule has 0 saturated carbocycles. The van der Waals surface area contributed by atoms with Crippen molar-refractivity contribution < 1.29 is 9.53 Å². The van der Waals surface area contributed by atoms with Gasteiger partial charge in [0.05, 0.1) is 24.3 Å². The average Bonchev–Trinajstić information content (AvgIpc) is 3.41. The number of anilines is 1. The van der Waals surface area contributed by atoms with Gasteiger partial charge in [-0.1, -0.05) is 23.7 Å². The molecule has 1 fully saturated rings. The smallest absolute Gasteiger partial charge is 0.253 e. The van der Waals surface area contributed by atoms with Crippen LogP contribution in [0.1, 0.15) is 40.9 Å². The highest BCUT2D eigenvalue weighted by atomic mass is 35.5. The molecule has 1 aromatic carbocycles. The van der Waals surface area contributed by atoms with Crippen LogP contribution >= 0.6 is 11.6 Å². The van der Waals surface area contributed by atoms with Crippen molar-refractivity contribution >= 4 is 23.5 Å². The molecule has 3 heterocycles. The van der Waals surface area contributed by atoms with Crippen LogP contribution in [0.2, 0.25) is 5.02 Å². The first kappa shape index (κ1) is 20.4. The number of hydrogen-bond donors (Lipinski definition) is 2. The standard InChI is InChI=1S/C22H24ClN5O2/c1-14-11-24-22(26-19-7-9-30-13-19)27-20(14)28-8-6-17(12-28)21(29)25-15(2)16-4-3-5-18(23)10-16/h3-6,8,10-12,15,19H,7,9,13H2,1-2H3,(H,25,29)(H,24,26,27)/t15-,19+/m1/s1. The van der Waals surface area contributed by atoms with Crippen molar-refractivity contribution in [1.29, 1.82) is 0 Å². The Morgan fingerprint density at radius 3 is 3.00 bits per heavy atom. The van der Waals surface area contributed by atoms with Gasteiger partial charge in [0.2, 0.25) is 5.95 Å². The van der Waals surface area contributed by atoms with Crippen LogP contribution in [0.5, 0.6) is 0 Å². The van der Waals surface area contributed by atoms with Gasteiger partial charge in [0.25, 0.3) is 5.91 Å². The zero-order valence-corrected chi connectivity index (χ0v) is 17.7. The summed E-state index contributed by atoms with van der Waals surface area (Å²) in [6, 6.07) is 9.32. The summed E-state index contributed by atoms with van der Waals surface area (Å²) in [6.45, 7) is 5.28. The number of hydrogen-bond acceptors (Lipinski definition) is 5. The SMILES string of the molecule is Cc1cnc(N[C@H]2CCOC2)nc1-n1ccc(C(=O)N[C@H](C)c2cccc(Cl)c2)c1. The highest BCUT2D eigenvalue weighted by molar-refractivity contribution is 6.30. The summed E-state index contributed by atoms with van der Waals surface area (Å²) in [5.41, 5.74) is 2.42. The Kier molecular flexibility index (Phi) is 6.01. The number of nitrogens with one attached hydrogen (secondary N) is 2. The van der Waals surface area contributed by atoms with E-state index in [9.17, 15) is 4.79 Å². The van der Waals surface area contributed by atoms with E-state index in [1.54, 1.807) is 18.5 Å². The first-order chi connectivity index (χ1) is 14.5. The lowest BCUT2D eigenvalue weighted by Gasteiger charge is -2.14. The number of amides is 1. The fourth-order valence-corrected chi connectivity index (χ4v) is 3.60. The summed E-state index contributed by atoms with van der Waals surface area (Å²) in [4.78, 5) is 21.7. The van der Waals surface area contributed by atoms with Crippen molar-refractivity contribution in [2.45, 2.75) is 32.4 Å². The topological polar surface area (TPSA) is 81.1 Å². The normalized spacial score (nSPS) is 17.0. The van der Waals surface area contributed by atoms with E-state index in [1.165, 1.54) is 0 Å². The molecule has 0 spiro atoms. The molecule has 8 heteroatoms. The summed E-state index contributed by atoms with van der Waals surface area (Å²) in [6.07, 6.45) is 6.32. The molecular formula is C22H24ClN5O2. The number of benzene rings is 1. The lowest BCUT2D eigenvalue weighted by atomic mass is 10.1. The third kappa shape index (κ3) is 4.63. The number of carbonyl (C=O) groups excluding carboxylic acids is 1. The first-order valence-corrected chi connectivity index (χ1v) is 10.3. The van der Waals surface area contributed by atoms with Crippen LogP contribution < -0.4 is 10.6 Å². The van der Waals surface area contributed by atoms with Gasteiger partial charge in [-0.2, -0.15) is 4.98 Å². The van der Waals surface area contributed by atoms with E-state index in [-0.39, 0.29) is 18.0 Å². The Morgan fingerprint density at radius 2 is 2.23 bits per heavy atom. The van der Waals surface area contributed by atoms with Crippen LogP contribution in [0.25, 0.3) is 5.82 Å². The molecule has 2 aromatic heterocycles. The number of carbonyl (C=O) groups is 1. The van der Waals surface area contributed by atoms with Gasteiger partial charge < -0.3 is 19.9 Å². The molecule has 2 N–H and O–H groups in total. The molecule has 3 aromatic rings. The minimum atomic E-state index is -0.162. The Hall–Kier alpha value is -2.90. The summed E-state index contributed by atoms with van der Waals surface area (Å²) in [5.74, 6) is 1.13. The average molecular weight is 426 g/mol. The Balaban J connectivity index is 1.48. The second kappa shape index (κ2) is 8.85. The van der Waals surface area contributed by atoms with Crippen molar-refractivity contribution in [1.82, 2.24) is 19.9 Å². The van der Waals surface area contributed by atoms with Crippen LogP contribution in [0.3, 0.4) is 0 Å². The first-order valence-electron chi connectivity index (χ1n) is 9.92. The summed E-state index contributed by atoms with van der Waals surface area (Å²) < 4.78 is 7.23. The molecule has 4 rings (SSSR count). The summed E-state index contributed by atoms with van der Waals surface area (Å²) in [7, 11) is 0. The lowest BCUT2D eigenvalue weighted by molar-refractivity contribution is 0.0940.